The second-order valence-corrected chi connectivity index (χ2v) is 7.50. The van der Waals surface area contributed by atoms with Crippen LogP contribution in [-0.2, 0) is 14.3 Å². The lowest BCUT2D eigenvalue weighted by atomic mass is 10.1. The lowest BCUT2D eigenvalue weighted by molar-refractivity contribution is -0.139. The van der Waals surface area contributed by atoms with E-state index in [0.29, 0.717) is 13.2 Å². The van der Waals surface area contributed by atoms with Gasteiger partial charge in [0.25, 0.3) is 0 Å². The summed E-state index contributed by atoms with van der Waals surface area (Å²) in [5, 5.41) is 6.53. The molecule has 154 valence electrons. The summed E-state index contributed by atoms with van der Waals surface area (Å²) in [4.78, 5) is 23.8. The number of rotatable bonds is 5. The Bertz CT molecular complexity index is 940. The number of hydrogen-bond acceptors (Lipinski definition) is 4. The number of hydrazone groups is 1. The van der Waals surface area contributed by atoms with Crippen molar-refractivity contribution in [2.75, 3.05) is 13.2 Å². The van der Waals surface area contributed by atoms with Crippen molar-refractivity contribution < 1.29 is 14.3 Å². The molecule has 0 bridgehead atoms. The van der Waals surface area contributed by atoms with Gasteiger partial charge in [0.05, 0.1) is 12.3 Å². The molecular weight excluding hydrogens is 368 g/mol. The number of aromatic nitrogens is 1. The van der Waals surface area contributed by atoms with Gasteiger partial charge in [-0.25, -0.2) is 5.43 Å². The van der Waals surface area contributed by atoms with Gasteiger partial charge in [0, 0.05) is 35.8 Å². The van der Waals surface area contributed by atoms with E-state index in [1.54, 1.807) is 6.21 Å². The predicted molar refractivity (Wildman–Crippen MR) is 112 cm³/mol. The van der Waals surface area contributed by atoms with Crippen LogP contribution in [0.4, 0.5) is 0 Å². The molecular formula is C22H28N4O3. The zero-order chi connectivity index (χ0) is 21.0. The van der Waals surface area contributed by atoms with Crippen molar-refractivity contribution in [1.82, 2.24) is 15.3 Å². The Labute approximate surface area is 171 Å². The van der Waals surface area contributed by atoms with Crippen molar-refractivity contribution >= 4 is 18.0 Å². The number of ether oxygens (including phenoxy) is 1. The highest BCUT2D eigenvalue weighted by molar-refractivity contribution is 6.35. The third-order valence-corrected chi connectivity index (χ3v) is 5.15. The largest absolute Gasteiger partial charge is 0.376 e. The van der Waals surface area contributed by atoms with E-state index in [2.05, 4.69) is 52.5 Å². The van der Waals surface area contributed by atoms with Gasteiger partial charge in [0.15, 0.2) is 0 Å². The summed E-state index contributed by atoms with van der Waals surface area (Å²) in [6.45, 7) is 9.24. The van der Waals surface area contributed by atoms with Gasteiger partial charge in [0.1, 0.15) is 0 Å². The quantitative estimate of drug-likeness (QED) is 0.463. The van der Waals surface area contributed by atoms with E-state index >= 15 is 0 Å². The Morgan fingerprint density at radius 1 is 1.21 bits per heavy atom. The van der Waals surface area contributed by atoms with Crippen molar-refractivity contribution in [3.63, 3.8) is 0 Å². The van der Waals surface area contributed by atoms with Crippen LogP contribution in [0.3, 0.4) is 0 Å². The molecule has 2 amide bonds. The molecule has 7 nitrogen and oxygen atoms in total. The molecule has 2 aromatic rings. The molecule has 0 aliphatic carbocycles. The van der Waals surface area contributed by atoms with E-state index in [9.17, 15) is 9.59 Å². The van der Waals surface area contributed by atoms with Gasteiger partial charge >= 0.3 is 11.8 Å². The van der Waals surface area contributed by atoms with Crippen molar-refractivity contribution in [3.8, 4) is 5.69 Å². The summed E-state index contributed by atoms with van der Waals surface area (Å²) >= 11 is 0. The summed E-state index contributed by atoms with van der Waals surface area (Å²) in [6.07, 6.45) is 3.44. The first-order chi connectivity index (χ1) is 13.9. The fourth-order valence-electron chi connectivity index (χ4n) is 3.65. The van der Waals surface area contributed by atoms with E-state index in [-0.39, 0.29) is 6.10 Å². The van der Waals surface area contributed by atoms with Gasteiger partial charge in [-0.3, -0.25) is 9.59 Å². The standard InChI is InChI=1S/C22H28N4O3/c1-14-7-8-20(15(2)10-14)26-16(3)11-18(17(26)4)12-24-25-22(28)21(27)23-13-19-6-5-9-29-19/h7-8,10-12,19H,5-6,9,13H2,1-4H3,(H,23,27)(H,25,28)/b24-12-/t19-/m1/s1. The minimum absolute atomic E-state index is 0.00845. The van der Waals surface area contributed by atoms with E-state index in [1.165, 1.54) is 11.1 Å². The maximum absolute atomic E-state index is 11.9. The molecule has 1 aliphatic heterocycles. The second kappa shape index (κ2) is 9.05. The highest BCUT2D eigenvalue weighted by Gasteiger charge is 2.19. The zero-order valence-electron chi connectivity index (χ0n) is 17.4. The van der Waals surface area contributed by atoms with Crippen LogP contribution in [0.25, 0.3) is 5.69 Å². The highest BCUT2D eigenvalue weighted by atomic mass is 16.5. The average Bonchev–Trinajstić information content (AvgIpc) is 3.29. The van der Waals surface area contributed by atoms with Crippen LogP contribution >= 0.6 is 0 Å². The van der Waals surface area contributed by atoms with Crippen LogP contribution in [0.2, 0.25) is 0 Å². The van der Waals surface area contributed by atoms with Crippen molar-refractivity contribution in [3.05, 3.63) is 52.3 Å². The molecule has 1 saturated heterocycles. The Morgan fingerprint density at radius 3 is 2.69 bits per heavy atom. The number of carbonyl (C=O) groups excluding carboxylic acids is 2. The second-order valence-electron chi connectivity index (χ2n) is 7.50. The summed E-state index contributed by atoms with van der Waals surface area (Å²) in [5.74, 6) is -1.50. The van der Waals surface area contributed by atoms with E-state index in [1.807, 2.05) is 19.9 Å². The molecule has 1 aromatic carbocycles. The Morgan fingerprint density at radius 2 is 2.00 bits per heavy atom. The topological polar surface area (TPSA) is 84.7 Å². The first-order valence-electron chi connectivity index (χ1n) is 9.86. The fourth-order valence-corrected chi connectivity index (χ4v) is 3.65. The summed E-state index contributed by atoms with van der Waals surface area (Å²) < 4.78 is 7.58. The van der Waals surface area contributed by atoms with Crippen LogP contribution in [-0.4, -0.2) is 41.9 Å². The summed E-state index contributed by atoms with van der Waals surface area (Å²) in [5.41, 5.74) is 8.76. The summed E-state index contributed by atoms with van der Waals surface area (Å²) in [6, 6.07) is 8.34. The molecule has 7 heteroatoms. The Hall–Kier alpha value is -2.93. The molecule has 0 unspecified atom stereocenters. The smallest absolute Gasteiger partial charge is 0.329 e. The van der Waals surface area contributed by atoms with Gasteiger partial charge in [-0.1, -0.05) is 17.7 Å². The molecule has 1 fully saturated rings. The fraction of sp³-hybridized carbons (Fsp3) is 0.409. The molecule has 1 aliphatic rings. The molecule has 0 saturated carbocycles. The first-order valence-corrected chi connectivity index (χ1v) is 9.86. The third-order valence-electron chi connectivity index (χ3n) is 5.15. The maximum atomic E-state index is 11.9. The first kappa shape index (κ1) is 20.8. The number of benzene rings is 1. The van der Waals surface area contributed by atoms with Crippen molar-refractivity contribution in [2.45, 2.75) is 46.6 Å². The van der Waals surface area contributed by atoms with Crippen LogP contribution in [0.5, 0.6) is 0 Å². The molecule has 1 aromatic heterocycles. The number of nitrogens with one attached hydrogen (secondary N) is 2. The molecule has 3 rings (SSSR count). The van der Waals surface area contributed by atoms with Gasteiger partial charge in [-0.05, 0) is 58.2 Å². The highest BCUT2D eigenvalue weighted by Crippen LogP contribution is 2.23. The lowest BCUT2D eigenvalue weighted by Gasteiger charge is -2.13. The molecule has 0 spiro atoms. The van der Waals surface area contributed by atoms with Gasteiger partial charge in [0.2, 0.25) is 0 Å². The molecule has 29 heavy (non-hydrogen) atoms. The Kier molecular flexibility index (Phi) is 6.49. The minimum Gasteiger partial charge on any atom is -0.376 e. The van der Waals surface area contributed by atoms with Gasteiger partial charge < -0.3 is 14.6 Å². The van der Waals surface area contributed by atoms with Crippen molar-refractivity contribution in [1.29, 1.82) is 0 Å². The normalized spacial score (nSPS) is 16.3. The average molecular weight is 396 g/mol. The molecule has 2 N–H and O–H groups in total. The number of amides is 2. The lowest BCUT2D eigenvalue weighted by Crippen LogP contribution is -2.41. The minimum atomic E-state index is -0.789. The predicted octanol–water partition coefficient (Wildman–Crippen LogP) is 2.46. The summed E-state index contributed by atoms with van der Waals surface area (Å²) in [7, 11) is 0. The number of nitrogens with zero attached hydrogens (tertiary/aromatic N) is 2. The van der Waals surface area contributed by atoms with Crippen LogP contribution in [0, 0.1) is 27.7 Å². The maximum Gasteiger partial charge on any atom is 0.329 e. The van der Waals surface area contributed by atoms with E-state index < -0.39 is 11.8 Å². The van der Waals surface area contributed by atoms with Crippen LogP contribution in [0.15, 0.2) is 29.4 Å². The number of hydrogen-bond donors (Lipinski definition) is 2. The van der Waals surface area contributed by atoms with Gasteiger partial charge in [-0.2, -0.15) is 5.10 Å². The Balaban J connectivity index is 1.63. The SMILES string of the molecule is Cc1ccc(-n2c(C)cc(/C=N\NC(=O)C(=O)NC[C@H]3CCCO3)c2C)c(C)c1. The number of carbonyl (C=O) groups is 2. The molecule has 0 radical (unpaired) electrons. The van der Waals surface area contributed by atoms with Crippen LogP contribution < -0.4 is 10.7 Å². The van der Waals surface area contributed by atoms with E-state index in [4.69, 9.17) is 4.74 Å². The van der Waals surface area contributed by atoms with Crippen molar-refractivity contribution in [2.24, 2.45) is 5.10 Å². The number of aryl methyl sites for hydroxylation is 3. The monoisotopic (exact) mass is 396 g/mol. The third kappa shape index (κ3) is 4.92. The van der Waals surface area contributed by atoms with Crippen LogP contribution in [0.1, 0.15) is 40.9 Å². The van der Waals surface area contributed by atoms with Gasteiger partial charge in [-0.15, -0.1) is 0 Å². The zero-order valence-corrected chi connectivity index (χ0v) is 17.4. The molecule has 2 heterocycles. The van der Waals surface area contributed by atoms with E-state index in [0.717, 1.165) is 35.5 Å². The molecule has 1 atom stereocenters.